The van der Waals surface area contributed by atoms with Gasteiger partial charge in [0.05, 0.1) is 18.5 Å². The molecule has 0 bridgehead atoms. The van der Waals surface area contributed by atoms with Crippen molar-refractivity contribution in [2.24, 2.45) is 0 Å². The fourth-order valence-corrected chi connectivity index (χ4v) is 4.07. The number of aliphatic hydroxyl groups excluding tert-OH is 1. The lowest BCUT2D eigenvalue weighted by atomic mass is 10.1. The van der Waals surface area contributed by atoms with Crippen LogP contribution in [0.5, 0.6) is 0 Å². The second-order valence-electron chi connectivity index (χ2n) is 7.16. The molecule has 9 nitrogen and oxygen atoms in total. The Morgan fingerprint density at radius 2 is 1.94 bits per heavy atom. The lowest BCUT2D eigenvalue weighted by Gasteiger charge is -2.10. The van der Waals surface area contributed by atoms with E-state index >= 15 is 0 Å². The maximum Gasteiger partial charge on any atom is 0.258 e. The molecule has 0 aliphatic carbocycles. The number of aromatic nitrogens is 3. The van der Waals surface area contributed by atoms with Crippen molar-refractivity contribution in [3.05, 3.63) is 90.2 Å². The highest BCUT2D eigenvalue weighted by Crippen LogP contribution is 2.22. The third kappa shape index (κ3) is 5.81. The Balaban J connectivity index is 1.74. The van der Waals surface area contributed by atoms with Crippen LogP contribution in [0.15, 0.2) is 72.5 Å². The number of nitrogens with one attached hydrogen (secondary N) is 2. The van der Waals surface area contributed by atoms with Crippen molar-refractivity contribution in [1.29, 1.82) is 0 Å². The van der Waals surface area contributed by atoms with Crippen LogP contribution in [0.25, 0.3) is 11.3 Å². The first-order valence-electron chi connectivity index (χ1n) is 10.2. The number of halogens is 1. The van der Waals surface area contributed by atoms with Crippen LogP contribution in [0.3, 0.4) is 0 Å². The van der Waals surface area contributed by atoms with E-state index in [4.69, 9.17) is 5.11 Å². The molecule has 2 heterocycles. The molecule has 0 radical (unpaired) electrons. The molecule has 34 heavy (non-hydrogen) atoms. The molecule has 0 aliphatic rings. The van der Waals surface area contributed by atoms with Crippen LogP contribution in [0, 0.1) is 12.7 Å². The molecule has 3 aromatic rings. The van der Waals surface area contributed by atoms with Gasteiger partial charge in [0.2, 0.25) is 0 Å². The van der Waals surface area contributed by atoms with Crippen molar-refractivity contribution in [3.8, 4) is 5.69 Å². The van der Waals surface area contributed by atoms with Crippen molar-refractivity contribution in [2.45, 2.75) is 18.5 Å². The van der Waals surface area contributed by atoms with E-state index in [1.54, 1.807) is 36.0 Å². The number of benzene rings is 1. The average molecular weight is 486 g/mol. The molecular weight excluding hydrogens is 461 g/mol. The van der Waals surface area contributed by atoms with Crippen LogP contribution in [-0.4, -0.2) is 47.3 Å². The molecule has 0 saturated heterocycles. The van der Waals surface area contributed by atoms with Crippen molar-refractivity contribution < 1.29 is 22.7 Å². The van der Waals surface area contributed by atoms with Crippen molar-refractivity contribution >= 4 is 21.5 Å². The summed E-state index contributed by atoms with van der Waals surface area (Å²) in [4.78, 5) is 16.9. The minimum absolute atomic E-state index is 0.107. The van der Waals surface area contributed by atoms with Crippen LogP contribution in [0.2, 0.25) is 0 Å². The van der Waals surface area contributed by atoms with Crippen LogP contribution in [-0.2, 0) is 21.4 Å². The number of hydrogen-bond acceptors (Lipinski definition) is 6. The van der Waals surface area contributed by atoms with E-state index < -0.39 is 10.0 Å². The zero-order valence-electron chi connectivity index (χ0n) is 18.4. The van der Waals surface area contributed by atoms with Gasteiger partial charge in [0, 0.05) is 36.1 Å². The number of carbonyl (C=O) groups is 1. The van der Waals surface area contributed by atoms with Crippen molar-refractivity contribution in [1.82, 2.24) is 24.8 Å². The molecular formula is C23H24FN5O4S. The summed E-state index contributed by atoms with van der Waals surface area (Å²) in [6.45, 7) is 5.13. The Bertz CT molecular complexity index is 1300. The summed E-state index contributed by atoms with van der Waals surface area (Å²) in [6, 6.07) is 8.69. The van der Waals surface area contributed by atoms with Gasteiger partial charge in [-0.3, -0.25) is 4.79 Å². The Kier molecular flexibility index (Phi) is 8.05. The van der Waals surface area contributed by atoms with Crippen molar-refractivity contribution in [3.63, 3.8) is 0 Å². The molecule has 0 fully saturated rings. The summed E-state index contributed by atoms with van der Waals surface area (Å²) in [6.07, 6.45) is 5.95. The highest BCUT2D eigenvalue weighted by atomic mass is 32.2. The van der Waals surface area contributed by atoms with Gasteiger partial charge in [-0.25, -0.2) is 27.2 Å². The Labute approximate surface area is 196 Å². The van der Waals surface area contributed by atoms with Gasteiger partial charge in [-0.1, -0.05) is 18.7 Å². The summed E-state index contributed by atoms with van der Waals surface area (Å²) in [5, 5.41) is 15.7. The highest BCUT2D eigenvalue weighted by Gasteiger charge is 2.19. The molecule has 0 spiro atoms. The molecule has 0 saturated carbocycles. The van der Waals surface area contributed by atoms with Gasteiger partial charge in [-0.15, -0.1) is 0 Å². The topological polar surface area (TPSA) is 126 Å². The van der Waals surface area contributed by atoms with E-state index in [1.165, 1.54) is 36.5 Å². The first-order chi connectivity index (χ1) is 16.3. The van der Waals surface area contributed by atoms with Crippen LogP contribution in [0.4, 0.5) is 4.39 Å². The normalized spacial score (nSPS) is 11.9. The quantitative estimate of drug-likeness (QED) is 0.297. The van der Waals surface area contributed by atoms with E-state index in [9.17, 15) is 17.6 Å². The summed E-state index contributed by atoms with van der Waals surface area (Å²) in [5.41, 5.74) is 2.84. The maximum absolute atomic E-state index is 13.2. The van der Waals surface area contributed by atoms with E-state index in [0.29, 0.717) is 28.1 Å². The molecule has 0 atom stereocenters. The van der Waals surface area contributed by atoms with E-state index in [1.807, 2.05) is 0 Å². The number of hydrogen-bond donors (Lipinski definition) is 3. The SMILES string of the molecule is C=C/C=C(/C(=O)NCc1ccc(S(=O)(=O)NCCO)nc1)c1cnn(-c2ccc(F)cc2)c1C. The first-order valence-corrected chi connectivity index (χ1v) is 11.7. The molecule has 0 aliphatic heterocycles. The lowest BCUT2D eigenvalue weighted by molar-refractivity contribution is -0.115. The number of amides is 1. The first kappa shape index (κ1) is 25.0. The predicted octanol–water partition coefficient (Wildman–Crippen LogP) is 1.87. The molecule has 2 aromatic heterocycles. The molecule has 11 heteroatoms. The van der Waals surface area contributed by atoms with Crippen LogP contribution < -0.4 is 10.0 Å². The third-order valence-corrected chi connectivity index (χ3v) is 6.21. The molecule has 3 rings (SSSR count). The highest BCUT2D eigenvalue weighted by molar-refractivity contribution is 7.89. The van der Waals surface area contributed by atoms with Gasteiger partial charge in [-0.2, -0.15) is 5.10 Å². The monoisotopic (exact) mass is 485 g/mol. The number of rotatable bonds is 10. The molecule has 1 aromatic carbocycles. The lowest BCUT2D eigenvalue weighted by Crippen LogP contribution is -2.27. The second-order valence-corrected chi connectivity index (χ2v) is 8.87. The van der Waals surface area contributed by atoms with E-state index in [2.05, 4.69) is 26.7 Å². The smallest absolute Gasteiger partial charge is 0.258 e. The van der Waals surface area contributed by atoms with Gasteiger partial charge < -0.3 is 10.4 Å². The number of aliphatic hydroxyl groups is 1. The minimum Gasteiger partial charge on any atom is -0.395 e. The Morgan fingerprint density at radius 1 is 1.21 bits per heavy atom. The third-order valence-electron chi connectivity index (χ3n) is 4.83. The van der Waals surface area contributed by atoms with Gasteiger partial charge in [-0.05, 0) is 48.9 Å². The fraction of sp³-hybridized carbons (Fsp3) is 0.174. The molecule has 0 unspecified atom stereocenters. The maximum atomic E-state index is 13.2. The van der Waals surface area contributed by atoms with Gasteiger partial charge >= 0.3 is 0 Å². The second kappa shape index (κ2) is 11.0. The summed E-state index contributed by atoms with van der Waals surface area (Å²) < 4.78 is 41.1. The molecule has 1 amide bonds. The largest absolute Gasteiger partial charge is 0.395 e. The van der Waals surface area contributed by atoms with E-state index in [0.717, 1.165) is 0 Å². The van der Waals surface area contributed by atoms with Crippen LogP contribution in [0.1, 0.15) is 16.8 Å². The zero-order valence-corrected chi connectivity index (χ0v) is 19.2. The number of pyridine rings is 1. The van der Waals surface area contributed by atoms with Gasteiger partial charge in [0.15, 0.2) is 5.03 Å². The fourth-order valence-electron chi connectivity index (χ4n) is 3.13. The molecule has 178 valence electrons. The van der Waals surface area contributed by atoms with Crippen LogP contribution >= 0.6 is 0 Å². The zero-order chi connectivity index (χ0) is 24.7. The van der Waals surface area contributed by atoms with Gasteiger partial charge in [0.25, 0.3) is 15.9 Å². The number of nitrogens with zero attached hydrogens (tertiary/aromatic N) is 3. The Hall–Kier alpha value is -3.67. The van der Waals surface area contributed by atoms with E-state index in [-0.39, 0.29) is 36.4 Å². The van der Waals surface area contributed by atoms with Crippen molar-refractivity contribution in [2.75, 3.05) is 13.2 Å². The van der Waals surface area contributed by atoms with Gasteiger partial charge in [0.1, 0.15) is 5.82 Å². The average Bonchev–Trinajstić information content (AvgIpc) is 3.21. The number of carbonyl (C=O) groups excluding carboxylic acids is 1. The minimum atomic E-state index is -3.81. The Morgan fingerprint density at radius 3 is 2.56 bits per heavy atom. The summed E-state index contributed by atoms with van der Waals surface area (Å²) >= 11 is 0. The predicted molar refractivity (Wildman–Crippen MR) is 125 cm³/mol. The summed E-state index contributed by atoms with van der Waals surface area (Å²) in [7, 11) is -3.81. The molecule has 3 N–H and O–H groups in total. The number of sulfonamides is 1. The standard InChI is InChI=1S/C23H24FN5O4S/c1-3-4-20(21-15-27-29(16(21)2)19-8-6-18(24)7-9-19)23(31)26-14-17-5-10-22(25-13-17)34(32,33)28-11-12-30/h3-10,13,15,28,30H,1,11-12,14H2,2H3,(H,26,31)/b20-4+. The number of allylic oxidation sites excluding steroid dienone is 2. The summed E-state index contributed by atoms with van der Waals surface area (Å²) in [5.74, 6) is -0.745.